The highest BCUT2D eigenvalue weighted by Crippen LogP contribution is 2.41. The number of piperazine rings is 1. The molecular formula is C15H28N2. The molecule has 2 nitrogen and oxygen atoms in total. The van der Waals surface area contributed by atoms with Gasteiger partial charge in [0.1, 0.15) is 0 Å². The quantitative estimate of drug-likeness (QED) is 0.810. The molecule has 0 spiro atoms. The van der Waals surface area contributed by atoms with Gasteiger partial charge in [-0.1, -0.05) is 19.8 Å². The van der Waals surface area contributed by atoms with E-state index in [4.69, 9.17) is 0 Å². The van der Waals surface area contributed by atoms with Gasteiger partial charge in [-0.15, -0.1) is 0 Å². The molecule has 1 aliphatic heterocycles. The molecule has 1 N–H and O–H groups in total. The average molecular weight is 236 g/mol. The van der Waals surface area contributed by atoms with Gasteiger partial charge in [0.15, 0.2) is 0 Å². The number of rotatable bonds is 3. The number of nitrogens with zero attached hydrogens (tertiary/aromatic N) is 1. The minimum atomic E-state index is 0.431. The minimum absolute atomic E-state index is 0.431. The Balaban J connectivity index is 1.56. The third-order valence-corrected chi connectivity index (χ3v) is 5.52. The summed E-state index contributed by atoms with van der Waals surface area (Å²) in [4.78, 5) is 2.75. The molecule has 17 heavy (non-hydrogen) atoms. The molecule has 2 aliphatic carbocycles. The van der Waals surface area contributed by atoms with Crippen LogP contribution >= 0.6 is 0 Å². The SMILES string of the molecule is CC1CCCC1CN1CCNC(C)(C2CC2)C1. The van der Waals surface area contributed by atoms with Crippen LogP contribution in [0.3, 0.4) is 0 Å². The molecule has 0 radical (unpaired) electrons. The Morgan fingerprint density at radius 2 is 2.06 bits per heavy atom. The first-order valence-corrected chi connectivity index (χ1v) is 7.65. The second-order valence-electron chi connectivity index (χ2n) is 7.02. The van der Waals surface area contributed by atoms with Crippen LogP contribution in [0.5, 0.6) is 0 Å². The highest BCUT2D eigenvalue weighted by atomic mass is 15.2. The summed E-state index contributed by atoms with van der Waals surface area (Å²) < 4.78 is 0. The molecule has 0 aromatic carbocycles. The highest BCUT2D eigenvalue weighted by molar-refractivity contribution is 5.02. The Morgan fingerprint density at radius 3 is 2.71 bits per heavy atom. The van der Waals surface area contributed by atoms with Gasteiger partial charge in [0.25, 0.3) is 0 Å². The van der Waals surface area contributed by atoms with Crippen LogP contribution < -0.4 is 5.32 Å². The summed E-state index contributed by atoms with van der Waals surface area (Å²) in [7, 11) is 0. The summed E-state index contributed by atoms with van der Waals surface area (Å²) in [6.45, 7) is 10.0. The molecule has 3 rings (SSSR count). The zero-order chi connectivity index (χ0) is 11.9. The van der Waals surface area contributed by atoms with Crippen LogP contribution in [-0.2, 0) is 0 Å². The van der Waals surface area contributed by atoms with Gasteiger partial charge < -0.3 is 5.32 Å². The van der Waals surface area contributed by atoms with E-state index in [1.165, 1.54) is 58.3 Å². The first kappa shape index (κ1) is 12.0. The van der Waals surface area contributed by atoms with Gasteiger partial charge in [0, 0.05) is 31.7 Å². The third-order valence-electron chi connectivity index (χ3n) is 5.52. The van der Waals surface area contributed by atoms with Crippen molar-refractivity contribution in [3.8, 4) is 0 Å². The fourth-order valence-corrected chi connectivity index (χ4v) is 4.07. The lowest BCUT2D eigenvalue weighted by molar-refractivity contribution is 0.105. The van der Waals surface area contributed by atoms with Crippen LogP contribution in [-0.4, -0.2) is 36.6 Å². The second kappa shape index (κ2) is 4.55. The average Bonchev–Trinajstić information content (AvgIpc) is 3.07. The summed E-state index contributed by atoms with van der Waals surface area (Å²) in [5, 5.41) is 3.78. The smallest absolute Gasteiger partial charge is 0.0309 e. The molecule has 0 amide bonds. The van der Waals surface area contributed by atoms with Gasteiger partial charge in [0.2, 0.25) is 0 Å². The van der Waals surface area contributed by atoms with Crippen molar-refractivity contribution in [2.45, 2.75) is 51.5 Å². The van der Waals surface area contributed by atoms with Crippen molar-refractivity contribution in [2.24, 2.45) is 17.8 Å². The van der Waals surface area contributed by atoms with Crippen LogP contribution in [0.15, 0.2) is 0 Å². The van der Waals surface area contributed by atoms with E-state index >= 15 is 0 Å². The van der Waals surface area contributed by atoms with Crippen LogP contribution in [0.2, 0.25) is 0 Å². The van der Waals surface area contributed by atoms with Crippen LogP contribution in [0.1, 0.15) is 46.0 Å². The van der Waals surface area contributed by atoms with Gasteiger partial charge in [-0.2, -0.15) is 0 Å². The van der Waals surface area contributed by atoms with Crippen molar-refractivity contribution in [2.75, 3.05) is 26.2 Å². The molecule has 0 aromatic heterocycles. The van der Waals surface area contributed by atoms with Crippen molar-refractivity contribution in [1.29, 1.82) is 0 Å². The van der Waals surface area contributed by atoms with E-state index < -0.39 is 0 Å². The van der Waals surface area contributed by atoms with Gasteiger partial charge in [0.05, 0.1) is 0 Å². The molecule has 2 saturated carbocycles. The molecule has 1 saturated heterocycles. The second-order valence-corrected chi connectivity index (χ2v) is 7.02. The van der Waals surface area contributed by atoms with E-state index in [9.17, 15) is 0 Å². The summed E-state index contributed by atoms with van der Waals surface area (Å²) in [6.07, 6.45) is 7.33. The molecule has 1 heterocycles. The molecule has 2 heteroatoms. The highest BCUT2D eigenvalue weighted by Gasteiger charge is 2.44. The minimum Gasteiger partial charge on any atom is -0.309 e. The Kier molecular flexibility index (Phi) is 3.20. The summed E-state index contributed by atoms with van der Waals surface area (Å²) in [5.41, 5.74) is 0.431. The Labute approximate surface area is 106 Å². The van der Waals surface area contributed by atoms with Crippen LogP contribution in [0, 0.1) is 17.8 Å². The molecule has 98 valence electrons. The monoisotopic (exact) mass is 236 g/mol. The summed E-state index contributed by atoms with van der Waals surface area (Å²) in [6, 6.07) is 0. The van der Waals surface area contributed by atoms with Gasteiger partial charge in [-0.3, -0.25) is 4.90 Å². The predicted molar refractivity (Wildman–Crippen MR) is 72.1 cm³/mol. The standard InChI is InChI=1S/C15H28N2/c1-12-4-3-5-13(12)10-17-9-8-16-15(2,11-17)14-6-7-14/h12-14,16H,3-11H2,1-2H3. The van der Waals surface area contributed by atoms with Crippen LogP contribution in [0.4, 0.5) is 0 Å². The lowest BCUT2D eigenvalue weighted by Gasteiger charge is -2.43. The molecule has 3 aliphatic rings. The van der Waals surface area contributed by atoms with E-state index in [1.807, 2.05) is 0 Å². The molecule has 0 aromatic rings. The lowest BCUT2D eigenvalue weighted by Crippen LogP contribution is -2.60. The lowest BCUT2D eigenvalue weighted by atomic mass is 9.91. The maximum atomic E-state index is 3.78. The van der Waals surface area contributed by atoms with Crippen molar-refractivity contribution >= 4 is 0 Å². The maximum Gasteiger partial charge on any atom is 0.0309 e. The van der Waals surface area contributed by atoms with Crippen molar-refractivity contribution in [3.05, 3.63) is 0 Å². The first-order chi connectivity index (χ1) is 8.17. The molecular weight excluding hydrogens is 208 g/mol. The largest absolute Gasteiger partial charge is 0.309 e. The fourth-order valence-electron chi connectivity index (χ4n) is 4.07. The van der Waals surface area contributed by atoms with Crippen molar-refractivity contribution in [3.63, 3.8) is 0 Å². The van der Waals surface area contributed by atoms with Crippen LogP contribution in [0.25, 0.3) is 0 Å². The third kappa shape index (κ3) is 2.53. The number of hydrogen-bond acceptors (Lipinski definition) is 2. The topological polar surface area (TPSA) is 15.3 Å². The number of hydrogen-bond donors (Lipinski definition) is 1. The molecule has 3 unspecified atom stereocenters. The van der Waals surface area contributed by atoms with E-state index in [-0.39, 0.29) is 0 Å². The van der Waals surface area contributed by atoms with E-state index in [0.29, 0.717) is 5.54 Å². The summed E-state index contributed by atoms with van der Waals surface area (Å²) in [5.74, 6) is 2.92. The maximum absolute atomic E-state index is 3.78. The Morgan fingerprint density at radius 1 is 1.24 bits per heavy atom. The molecule has 3 fully saturated rings. The zero-order valence-electron chi connectivity index (χ0n) is 11.5. The van der Waals surface area contributed by atoms with Gasteiger partial charge >= 0.3 is 0 Å². The van der Waals surface area contributed by atoms with Gasteiger partial charge in [-0.05, 0) is 43.9 Å². The Bertz CT molecular complexity index is 274. The molecule has 0 bridgehead atoms. The van der Waals surface area contributed by atoms with E-state index in [1.54, 1.807) is 0 Å². The van der Waals surface area contributed by atoms with Gasteiger partial charge in [-0.25, -0.2) is 0 Å². The Hall–Kier alpha value is -0.0800. The molecule has 3 atom stereocenters. The summed E-state index contributed by atoms with van der Waals surface area (Å²) >= 11 is 0. The fraction of sp³-hybridized carbons (Fsp3) is 1.00. The van der Waals surface area contributed by atoms with E-state index in [0.717, 1.165) is 17.8 Å². The van der Waals surface area contributed by atoms with Crippen molar-refractivity contribution < 1.29 is 0 Å². The van der Waals surface area contributed by atoms with Crippen molar-refractivity contribution in [1.82, 2.24) is 10.2 Å². The number of nitrogens with one attached hydrogen (secondary N) is 1. The first-order valence-electron chi connectivity index (χ1n) is 7.65. The normalized spacial score (nSPS) is 44.1. The predicted octanol–water partition coefficient (Wildman–Crippen LogP) is 2.50. The van der Waals surface area contributed by atoms with E-state index in [2.05, 4.69) is 24.1 Å². The zero-order valence-corrected chi connectivity index (χ0v) is 11.5.